The van der Waals surface area contributed by atoms with E-state index in [1.54, 1.807) is 33.5 Å². The van der Waals surface area contributed by atoms with Crippen molar-refractivity contribution < 1.29 is 28.5 Å². The molecule has 0 amide bonds. The van der Waals surface area contributed by atoms with Crippen LogP contribution in [0.5, 0.6) is 23.0 Å². The second-order valence-electron chi connectivity index (χ2n) is 7.66. The minimum atomic E-state index is -0.468. The van der Waals surface area contributed by atoms with Crippen LogP contribution in [0.4, 0.5) is 0 Å². The molecule has 4 rings (SSSR count). The maximum atomic E-state index is 12.8. The van der Waals surface area contributed by atoms with Crippen molar-refractivity contribution in [3.05, 3.63) is 46.5 Å². The Morgan fingerprint density at radius 2 is 1.17 bits per heavy atom. The molecule has 1 spiro atoms. The van der Waals surface area contributed by atoms with Crippen LogP contribution in [0.2, 0.25) is 0 Å². The van der Waals surface area contributed by atoms with Crippen molar-refractivity contribution >= 4 is 11.6 Å². The van der Waals surface area contributed by atoms with Gasteiger partial charge in [-0.15, -0.1) is 0 Å². The summed E-state index contributed by atoms with van der Waals surface area (Å²) in [6, 6.07) is 7.36. The van der Waals surface area contributed by atoms with Crippen LogP contribution in [0, 0.1) is 0 Å². The lowest BCUT2D eigenvalue weighted by Gasteiger charge is -2.43. The Morgan fingerprint density at radius 3 is 1.63 bits per heavy atom. The molecular formula is C24H26O6. The molecule has 0 saturated carbocycles. The fourth-order valence-corrected chi connectivity index (χ4v) is 4.85. The van der Waals surface area contributed by atoms with Crippen LogP contribution in [0.3, 0.4) is 0 Å². The Labute approximate surface area is 176 Å². The zero-order chi connectivity index (χ0) is 21.5. The van der Waals surface area contributed by atoms with Crippen molar-refractivity contribution in [2.75, 3.05) is 27.9 Å². The Hall–Kier alpha value is -3.02. The van der Waals surface area contributed by atoms with E-state index in [1.807, 2.05) is 19.1 Å². The molecule has 0 radical (unpaired) electrons. The van der Waals surface area contributed by atoms with Crippen LogP contribution in [0.1, 0.15) is 64.4 Å². The molecule has 2 aromatic rings. The standard InChI is InChI=1S/C24H26O6/c1-5-30-23-13-17-15(11-21(23)28-3)19(26)7-9-24(17)8-6-18(25)14-10-20(27-2)22(29-4)12-16(14)24/h10-13H,5-9H2,1-4H3. The van der Waals surface area contributed by atoms with Gasteiger partial charge in [0.05, 0.1) is 27.9 Å². The Kier molecular flexibility index (Phi) is 5.18. The van der Waals surface area contributed by atoms with E-state index < -0.39 is 5.41 Å². The van der Waals surface area contributed by atoms with Gasteiger partial charge in [-0.05, 0) is 55.2 Å². The first-order valence-electron chi connectivity index (χ1n) is 10.2. The lowest BCUT2D eigenvalue weighted by molar-refractivity contribution is 0.0931. The quantitative estimate of drug-likeness (QED) is 0.730. The van der Waals surface area contributed by atoms with Gasteiger partial charge in [0, 0.05) is 29.4 Å². The van der Waals surface area contributed by atoms with E-state index in [2.05, 4.69) is 0 Å². The number of benzene rings is 2. The molecule has 158 valence electrons. The average molecular weight is 410 g/mol. The van der Waals surface area contributed by atoms with Crippen molar-refractivity contribution in [1.29, 1.82) is 0 Å². The molecule has 0 aliphatic heterocycles. The summed E-state index contributed by atoms with van der Waals surface area (Å²) < 4.78 is 22.2. The number of hydrogen-bond acceptors (Lipinski definition) is 6. The van der Waals surface area contributed by atoms with Gasteiger partial charge in [0.2, 0.25) is 0 Å². The molecule has 0 N–H and O–H groups in total. The highest BCUT2D eigenvalue weighted by molar-refractivity contribution is 6.03. The van der Waals surface area contributed by atoms with Crippen LogP contribution >= 0.6 is 0 Å². The number of Topliss-reactive ketones (excluding diaryl/α,β-unsaturated/α-hetero) is 2. The lowest BCUT2D eigenvalue weighted by atomic mass is 9.59. The number of methoxy groups -OCH3 is 3. The van der Waals surface area contributed by atoms with Crippen LogP contribution in [0.15, 0.2) is 24.3 Å². The predicted molar refractivity (Wildman–Crippen MR) is 112 cm³/mol. The van der Waals surface area contributed by atoms with E-state index in [0.717, 1.165) is 11.1 Å². The molecule has 6 nitrogen and oxygen atoms in total. The maximum absolute atomic E-state index is 12.8. The Balaban J connectivity index is 2.01. The van der Waals surface area contributed by atoms with E-state index in [0.29, 0.717) is 66.4 Å². The Bertz CT molecular complexity index is 1020. The molecule has 2 aromatic carbocycles. The Morgan fingerprint density at radius 1 is 0.733 bits per heavy atom. The van der Waals surface area contributed by atoms with E-state index in [1.165, 1.54) is 0 Å². The summed E-state index contributed by atoms with van der Waals surface area (Å²) in [6.45, 7) is 2.39. The summed E-state index contributed by atoms with van der Waals surface area (Å²) in [5, 5.41) is 0. The highest BCUT2D eigenvalue weighted by Gasteiger charge is 2.46. The van der Waals surface area contributed by atoms with E-state index >= 15 is 0 Å². The van der Waals surface area contributed by atoms with Crippen molar-refractivity contribution in [2.24, 2.45) is 0 Å². The van der Waals surface area contributed by atoms with Gasteiger partial charge in [0.25, 0.3) is 0 Å². The molecule has 2 aliphatic rings. The SMILES string of the molecule is CCOc1cc2c(cc1OC)C(=O)CCC21CCC(=O)c2cc(OC)c(OC)cc21. The zero-order valence-corrected chi connectivity index (χ0v) is 17.8. The molecule has 0 heterocycles. The summed E-state index contributed by atoms with van der Waals surface area (Å²) in [5.74, 6) is 2.40. The van der Waals surface area contributed by atoms with Gasteiger partial charge in [0.15, 0.2) is 34.6 Å². The number of ketones is 2. The first kappa shape index (κ1) is 20.3. The topological polar surface area (TPSA) is 71.1 Å². The molecule has 30 heavy (non-hydrogen) atoms. The number of ether oxygens (including phenoxy) is 4. The van der Waals surface area contributed by atoms with Crippen LogP contribution in [-0.2, 0) is 5.41 Å². The normalized spacial score (nSPS) is 19.9. The smallest absolute Gasteiger partial charge is 0.163 e. The fourth-order valence-electron chi connectivity index (χ4n) is 4.85. The minimum Gasteiger partial charge on any atom is -0.493 e. The largest absolute Gasteiger partial charge is 0.493 e. The third-order valence-electron chi connectivity index (χ3n) is 6.32. The first-order chi connectivity index (χ1) is 14.5. The number of hydrogen-bond donors (Lipinski definition) is 0. The fraction of sp³-hybridized carbons (Fsp3) is 0.417. The van der Waals surface area contributed by atoms with Gasteiger partial charge < -0.3 is 18.9 Å². The molecule has 1 unspecified atom stereocenters. The summed E-state index contributed by atoms with van der Waals surface area (Å²) in [6.07, 6.45) is 2.08. The first-order valence-corrected chi connectivity index (χ1v) is 10.2. The van der Waals surface area contributed by atoms with Gasteiger partial charge >= 0.3 is 0 Å². The second kappa shape index (κ2) is 7.67. The van der Waals surface area contributed by atoms with Crippen LogP contribution in [0.25, 0.3) is 0 Å². The van der Waals surface area contributed by atoms with Gasteiger partial charge in [-0.25, -0.2) is 0 Å². The van der Waals surface area contributed by atoms with E-state index in [4.69, 9.17) is 18.9 Å². The van der Waals surface area contributed by atoms with Crippen molar-refractivity contribution in [1.82, 2.24) is 0 Å². The number of rotatable bonds is 5. The number of carbonyl (C=O) groups excluding carboxylic acids is 2. The summed E-state index contributed by atoms with van der Waals surface area (Å²) in [5.41, 5.74) is 2.58. The second-order valence-corrected chi connectivity index (χ2v) is 7.66. The van der Waals surface area contributed by atoms with E-state index in [-0.39, 0.29) is 11.6 Å². The van der Waals surface area contributed by atoms with Crippen molar-refractivity contribution in [2.45, 2.75) is 38.0 Å². The van der Waals surface area contributed by atoms with Crippen molar-refractivity contribution in [3.63, 3.8) is 0 Å². The number of carbonyl (C=O) groups is 2. The molecule has 2 aliphatic carbocycles. The summed E-state index contributed by atoms with van der Waals surface area (Å²) in [7, 11) is 4.71. The monoisotopic (exact) mass is 410 g/mol. The van der Waals surface area contributed by atoms with Gasteiger partial charge in [0.1, 0.15) is 0 Å². The predicted octanol–water partition coefficient (Wildman–Crippen LogP) is 4.35. The van der Waals surface area contributed by atoms with E-state index in [9.17, 15) is 9.59 Å². The molecule has 0 fully saturated rings. The third kappa shape index (κ3) is 2.93. The lowest BCUT2D eigenvalue weighted by Crippen LogP contribution is -2.39. The summed E-state index contributed by atoms with van der Waals surface area (Å²) in [4.78, 5) is 25.7. The molecule has 0 aromatic heterocycles. The van der Waals surface area contributed by atoms with Crippen molar-refractivity contribution in [3.8, 4) is 23.0 Å². The van der Waals surface area contributed by atoms with Gasteiger partial charge in [-0.3, -0.25) is 9.59 Å². The summed E-state index contributed by atoms with van der Waals surface area (Å²) >= 11 is 0. The molecule has 0 bridgehead atoms. The highest BCUT2D eigenvalue weighted by Crippen LogP contribution is 2.53. The van der Waals surface area contributed by atoms with Gasteiger partial charge in [-0.1, -0.05) is 0 Å². The molecule has 1 atom stereocenters. The maximum Gasteiger partial charge on any atom is 0.163 e. The number of fused-ring (bicyclic) bond motifs is 4. The molecule has 0 saturated heterocycles. The van der Waals surface area contributed by atoms with Gasteiger partial charge in [-0.2, -0.15) is 0 Å². The third-order valence-corrected chi connectivity index (χ3v) is 6.32. The average Bonchev–Trinajstić information content (AvgIpc) is 2.77. The molecule has 6 heteroatoms. The molecular weight excluding hydrogens is 384 g/mol. The van der Waals surface area contributed by atoms with Crippen LogP contribution in [-0.4, -0.2) is 39.5 Å². The highest BCUT2D eigenvalue weighted by atomic mass is 16.5. The van der Waals surface area contributed by atoms with Crippen LogP contribution < -0.4 is 18.9 Å². The zero-order valence-electron chi connectivity index (χ0n) is 17.8. The minimum absolute atomic E-state index is 0.0774.